The molecule has 0 amide bonds. The molecule has 0 bridgehead atoms. The van der Waals surface area contributed by atoms with Crippen molar-refractivity contribution in [3.63, 3.8) is 0 Å². The number of para-hydroxylation sites is 2. The minimum Gasteiger partial charge on any atom is -0.456 e. The molecule has 0 unspecified atom stereocenters. The third-order valence-corrected chi connectivity index (χ3v) is 16.1. The van der Waals surface area contributed by atoms with Crippen molar-refractivity contribution in [1.29, 1.82) is 0 Å². The van der Waals surface area contributed by atoms with Gasteiger partial charge in [-0.05, 0) is 104 Å². The number of furan rings is 2. The van der Waals surface area contributed by atoms with Gasteiger partial charge in [0.25, 0.3) is 0 Å². The lowest BCUT2D eigenvalue weighted by Crippen LogP contribution is -2.25. The molecule has 0 aliphatic heterocycles. The van der Waals surface area contributed by atoms with Gasteiger partial charge in [-0.15, -0.1) is 11.3 Å². The third kappa shape index (κ3) is 5.07. The SMILES string of the molecule is c1ccc2c(c1)-c1ccccc1C21c2ccccc2-c2ccc(-c3ccc4sc5cccc(-c6nc(-c7cccc8oc9ccccc9c78)nc(-c7cccc8oc9ccccc9c78)n6)c5c4c3)cc21. The van der Waals surface area contributed by atoms with Gasteiger partial charge in [-0.25, -0.2) is 15.0 Å². The smallest absolute Gasteiger partial charge is 0.164 e. The Bertz CT molecular complexity index is 4380. The fourth-order valence-electron chi connectivity index (χ4n) is 12.1. The van der Waals surface area contributed by atoms with E-state index in [2.05, 4.69) is 152 Å². The van der Waals surface area contributed by atoms with Crippen LogP contribution in [0.2, 0.25) is 0 Å². The van der Waals surface area contributed by atoms with Crippen LogP contribution in [0.3, 0.4) is 0 Å². The van der Waals surface area contributed by atoms with Crippen molar-refractivity contribution in [2.75, 3.05) is 0 Å². The Morgan fingerprint density at radius 1 is 0.300 bits per heavy atom. The summed E-state index contributed by atoms with van der Waals surface area (Å²) in [5.74, 6) is 1.74. The summed E-state index contributed by atoms with van der Waals surface area (Å²) in [5, 5.41) is 6.26. The highest BCUT2D eigenvalue weighted by Crippen LogP contribution is 2.63. The van der Waals surface area contributed by atoms with E-state index in [1.54, 1.807) is 11.3 Å². The van der Waals surface area contributed by atoms with Crippen LogP contribution in [0.15, 0.2) is 221 Å². The maximum atomic E-state index is 6.40. The minimum atomic E-state index is -0.421. The molecular formula is C64H35N3O2S. The summed E-state index contributed by atoms with van der Waals surface area (Å²) in [6, 6.07) is 76.2. The Balaban J connectivity index is 0.922. The molecule has 2 aliphatic rings. The Kier molecular flexibility index (Phi) is 7.63. The summed E-state index contributed by atoms with van der Waals surface area (Å²) in [5.41, 5.74) is 18.4. The topological polar surface area (TPSA) is 65.0 Å². The second-order valence-electron chi connectivity index (χ2n) is 18.5. The molecule has 0 atom stereocenters. The Morgan fingerprint density at radius 2 is 0.729 bits per heavy atom. The third-order valence-electron chi connectivity index (χ3n) is 15.0. The van der Waals surface area contributed by atoms with Crippen molar-refractivity contribution in [3.05, 3.63) is 235 Å². The first-order valence-electron chi connectivity index (χ1n) is 23.7. The maximum Gasteiger partial charge on any atom is 0.164 e. The van der Waals surface area contributed by atoms with Crippen LogP contribution in [-0.2, 0) is 5.41 Å². The minimum absolute atomic E-state index is 0.421. The van der Waals surface area contributed by atoms with E-state index in [0.717, 1.165) is 76.9 Å². The van der Waals surface area contributed by atoms with E-state index in [-0.39, 0.29) is 0 Å². The molecule has 10 aromatic carbocycles. The zero-order valence-corrected chi connectivity index (χ0v) is 38.1. The molecule has 16 rings (SSSR count). The van der Waals surface area contributed by atoms with Crippen LogP contribution >= 0.6 is 11.3 Å². The monoisotopic (exact) mass is 909 g/mol. The van der Waals surface area contributed by atoms with Gasteiger partial charge in [0, 0.05) is 58.4 Å². The van der Waals surface area contributed by atoms with Gasteiger partial charge in [-0.3, -0.25) is 0 Å². The van der Waals surface area contributed by atoms with Crippen LogP contribution in [0, 0.1) is 0 Å². The first kappa shape index (κ1) is 38.0. The number of thiophene rings is 1. The summed E-state index contributed by atoms with van der Waals surface area (Å²) in [6.07, 6.45) is 0. The molecule has 2 aliphatic carbocycles. The summed E-state index contributed by atoms with van der Waals surface area (Å²) in [6.45, 7) is 0. The lowest BCUT2D eigenvalue weighted by atomic mass is 9.70. The van der Waals surface area contributed by atoms with Crippen LogP contribution in [0.4, 0.5) is 0 Å². The van der Waals surface area contributed by atoms with E-state index in [4.69, 9.17) is 23.8 Å². The Morgan fingerprint density at radius 3 is 1.30 bits per heavy atom. The van der Waals surface area contributed by atoms with Crippen molar-refractivity contribution in [2.24, 2.45) is 0 Å². The zero-order valence-electron chi connectivity index (χ0n) is 37.3. The molecule has 0 saturated carbocycles. The quantitative estimate of drug-likeness (QED) is 0.176. The molecule has 4 aromatic heterocycles. The first-order chi connectivity index (χ1) is 34.7. The average Bonchev–Trinajstić information content (AvgIpc) is 4.23. The molecule has 0 radical (unpaired) electrons. The predicted octanol–water partition coefficient (Wildman–Crippen LogP) is 17.0. The van der Waals surface area contributed by atoms with Crippen LogP contribution in [0.5, 0.6) is 0 Å². The van der Waals surface area contributed by atoms with Crippen molar-refractivity contribution < 1.29 is 8.83 Å². The standard InChI is InChI=1S/C64H35N3O2S/c1-6-22-48-38(14-1)39-15-2-7-23-49(39)64(48)50-24-8-3-16-40(50)41-32-30-37(35-51(41)64)36-31-33-56-47(34-36)60-46(21-13-29-57(60)70-56)63-66-61(44-19-11-27-54-58(44)42-17-4-9-25-52(42)68-54)65-62(67-63)45-20-12-28-55-59(45)43-18-5-10-26-53(43)69-55/h1-35H. The van der Waals surface area contributed by atoms with Crippen molar-refractivity contribution >= 4 is 75.4 Å². The molecule has 14 aromatic rings. The molecule has 0 saturated heterocycles. The molecular weight excluding hydrogens is 875 g/mol. The fourth-order valence-corrected chi connectivity index (χ4v) is 13.2. The number of nitrogens with zero attached hydrogens (tertiary/aromatic N) is 3. The zero-order chi connectivity index (χ0) is 45.7. The first-order valence-corrected chi connectivity index (χ1v) is 24.5. The Hall–Kier alpha value is -8.97. The number of fused-ring (bicyclic) bond motifs is 19. The number of rotatable bonds is 4. The molecule has 5 nitrogen and oxygen atoms in total. The van der Waals surface area contributed by atoms with Gasteiger partial charge in [0.2, 0.25) is 0 Å². The maximum absolute atomic E-state index is 6.40. The molecule has 1 spiro atoms. The van der Waals surface area contributed by atoms with Crippen LogP contribution in [0.1, 0.15) is 22.3 Å². The normalized spacial score (nSPS) is 13.3. The summed E-state index contributed by atoms with van der Waals surface area (Å²) >= 11 is 1.80. The predicted molar refractivity (Wildman–Crippen MR) is 285 cm³/mol. The van der Waals surface area contributed by atoms with E-state index in [0.29, 0.717) is 17.5 Å². The summed E-state index contributed by atoms with van der Waals surface area (Å²) in [4.78, 5) is 16.2. The molecule has 0 fully saturated rings. The number of hydrogen-bond donors (Lipinski definition) is 0. The number of hydrogen-bond acceptors (Lipinski definition) is 6. The van der Waals surface area contributed by atoms with Gasteiger partial charge in [0.1, 0.15) is 22.3 Å². The highest BCUT2D eigenvalue weighted by atomic mass is 32.1. The largest absolute Gasteiger partial charge is 0.456 e. The Labute approximate surface area is 404 Å². The van der Waals surface area contributed by atoms with Crippen molar-refractivity contribution in [3.8, 4) is 67.5 Å². The van der Waals surface area contributed by atoms with Gasteiger partial charge < -0.3 is 8.83 Å². The van der Waals surface area contributed by atoms with E-state index in [1.807, 2.05) is 60.7 Å². The average molecular weight is 910 g/mol. The van der Waals surface area contributed by atoms with Crippen molar-refractivity contribution in [2.45, 2.75) is 5.41 Å². The van der Waals surface area contributed by atoms with Gasteiger partial charge >= 0.3 is 0 Å². The molecule has 70 heavy (non-hydrogen) atoms. The highest BCUT2D eigenvalue weighted by Gasteiger charge is 2.51. The highest BCUT2D eigenvalue weighted by molar-refractivity contribution is 7.26. The number of aromatic nitrogens is 3. The van der Waals surface area contributed by atoms with Crippen LogP contribution in [-0.4, -0.2) is 15.0 Å². The van der Waals surface area contributed by atoms with Gasteiger partial charge in [0.05, 0.1) is 5.41 Å². The number of benzene rings is 10. The van der Waals surface area contributed by atoms with E-state index in [9.17, 15) is 0 Å². The van der Waals surface area contributed by atoms with E-state index >= 15 is 0 Å². The second-order valence-corrected chi connectivity index (χ2v) is 19.6. The molecule has 0 N–H and O–H groups in total. The summed E-state index contributed by atoms with van der Waals surface area (Å²) in [7, 11) is 0. The fraction of sp³-hybridized carbons (Fsp3) is 0.0156. The van der Waals surface area contributed by atoms with Gasteiger partial charge in [-0.1, -0.05) is 164 Å². The van der Waals surface area contributed by atoms with Gasteiger partial charge in [0.15, 0.2) is 17.5 Å². The molecule has 4 heterocycles. The van der Waals surface area contributed by atoms with Crippen LogP contribution in [0.25, 0.3) is 132 Å². The lowest BCUT2D eigenvalue weighted by Gasteiger charge is -2.30. The summed E-state index contributed by atoms with van der Waals surface area (Å²) < 4.78 is 15.2. The van der Waals surface area contributed by atoms with Crippen LogP contribution < -0.4 is 0 Å². The second kappa shape index (κ2) is 14.0. The van der Waals surface area contributed by atoms with E-state index in [1.165, 1.54) is 59.5 Å². The molecule has 6 heteroatoms. The van der Waals surface area contributed by atoms with E-state index < -0.39 is 5.41 Å². The van der Waals surface area contributed by atoms with Gasteiger partial charge in [-0.2, -0.15) is 0 Å². The van der Waals surface area contributed by atoms with Crippen molar-refractivity contribution in [1.82, 2.24) is 15.0 Å². The lowest BCUT2D eigenvalue weighted by molar-refractivity contribution is 0.668. The molecule has 324 valence electrons.